The summed E-state index contributed by atoms with van der Waals surface area (Å²) >= 11 is 5.55. The molecule has 1 atom stereocenters. The van der Waals surface area contributed by atoms with E-state index in [-0.39, 0.29) is 6.61 Å². The fourth-order valence-corrected chi connectivity index (χ4v) is 4.00. The van der Waals surface area contributed by atoms with Crippen molar-refractivity contribution in [3.8, 4) is 0 Å². The highest BCUT2D eigenvalue weighted by Crippen LogP contribution is 2.37. The second-order valence-electron chi connectivity index (χ2n) is 6.36. The van der Waals surface area contributed by atoms with E-state index < -0.39 is 0 Å². The predicted molar refractivity (Wildman–Crippen MR) is 84.3 cm³/mol. The summed E-state index contributed by atoms with van der Waals surface area (Å²) < 4.78 is 4.64. The van der Waals surface area contributed by atoms with Crippen LogP contribution in [0.5, 0.6) is 0 Å². The van der Waals surface area contributed by atoms with Crippen molar-refractivity contribution in [3.05, 3.63) is 10.6 Å². The predicted octanol–water partition coefficient (Wildman–Crippen LogP) is 2.54. The second-order valence-corrected chi connectivity index (χ2v) is 6.73. The van der Waals surface area contributed by atoms with E-state index in [1.807, 2.05) is 9.25 Å². The summed E-state index contributed by atoms with van der Waals surface area (Å²) in [5, 5.41) is 14.0. The van der Waals surface area contributed by atoms with Gasteiger partial charge < -0.3 is 9.67 Å². The molecule has 1 saturated heterocycles. The van der Waals surface area contributed by atoms with Gasteiger partial charge in [0.1, 0.15) is 6.61 Å². The third-order valence-electron chi connectivity index (χ3n) is 5.01. The topological polar surface area (TPSA) is 46.2 Å². The van der Waals surface area contributed by atoms with Crippen LogP contribution in [0.1, 0.15) is 51.3 Å². The minimum atomic E-state index is -0.0390. The molecule has 1 aromatic rings. The second kappa shape index (κ2) is 6.58. The minimum Gasteiger partial charge on any atom is -0.388 e. The zero-order valence-electron chi connectivity index (χ0n) is 12.9. The zero-order valence-corrected chi connectivity index (χ0v) is 13.7. The maximum Gasteiger partial charge on any atom is 0.199 e. The lowest BCUT2D eigenvalue weighted by Crippen LogP contribution is -2.39. The standard InChI is InChI=1S/C15H26N4OS/c1-2-8-18-14(10-20)16-19(15(18)21)11-17-9-4-7-13(17)12-5-3-6-12/h12-13,20H,2-11H2,1H3. The molecule has 1 aliphatic carbocycles. The molecule has 21 heavy (non-hydrogen) atoms. The third-order valence-corrected chi connectivity index (χ3v) is 5.44. The Morgan fingerprint density at radius 3 is 2.71 bits per heavy atom. The van der Waals surface area contributed by atoms with Crippen LogP contribution in [0.4, 0.5) is 0 Å². The summed E-state index contributed by atoms with van der Waals surface area (Å²) in [4.78, 5) is 2.55. The first kappa shape index (κ1) is 15.2. The van der Waals surface area contributed by atoms with Crippen LogP contribution in [0.3, 0.4) is 0 Å². The molecular weight excluding hydrogens is 284 g/mol. The Labute approximate surface area is 131 Å². The van der Waals surface area contributed by atoms with Gasteiger partial charge >= 0.3 is 0 Å². The quantitative estimate of drug-likeness (QED) is 0.820. The molecular formula is C15H26N4OS. The van der Waals surface area contributed by atoms with Crippen LogP contribution < -0.4 is 0 Å². The zero-order chi connectivity index (χ0) is 14.8. The molecule has 1 N–H and O–H groups in total. The molecule has 1 aliphatic heterocycles. The van der Waals surface area contributed by atoms with Gasteiger partial charge in [0, 0.05) is 19.1 Å². The number of rotatable bonds is 6. The van der Waals surface area contributed by atoms with Crippen molar-refractivity contribution >= 4 is 12.2 Å². The molecule has 3 rings (SSSR count). The fraction of sp³-hybridized carbons (Fsp3) is 0.867. The van der Waals surface area contributed by atoms with E-state index in [0.717, 1.165) is 42.9 Å². The van der Waals surface area contributed by atoms with Gasteiger partial charge in [-0.25, -0.2) is 4.68 Å². The van der Waals surface area contributed by atoms with Gasteiger partial charge in [0.15, 0.2) is 10.6 Å². The Bertz CT molecular complexity index is 534. The van der Waals surface area contributed by atoms with Crippen molar-refractivity contribution in [2.45, 2.75) is 71.3 Å². The molecule has 2 aliphatic rings. The number of aliphatic hydroxyl groups excluding tert-OH is 1. The van der Waals surface area contributed by atoms with Gasteiger partial charge in [-0.2, -0.15) is 5.10 Å². The van der Waals surface area contributed by atoms with Crippen LogP contribution >= 0.6 is 12.2 Å². The minimum absolute atomic E-state index is 0.0390. The normalized spacial score (nSPS) is 23.6. The van der Waals surface area contributed by atoms with Gasteiger partial charge in [0.05, 0.1) is 6.67 Å². The molecule has 2 heterocycles. The number of aliphatic hydroxyl groups is 1. The van der Waals surface area contributed by atoms with E-state index in [2.05, 4.69) is 16.9 Å². The Morgan fingerprint density at radius 2 is 2.10 bits per heavy atom. The molecule has 1 unspecified atom stereocenters. The molecule has 0 spiro atoms. The largest absolute Gasteiger partial charge is 0.388 e. The molecule has 1 saturated carbocycles. The van der Waals surface area contributed by atoms with Gasteiger partial charge in [-0.05, 0) is 50.2 Å². The lowest BCUT2D eigenvalue weighted by molar-refractivity contribution is 0.0997. The molecule has 2 fully saturated rings. The van der Waals surface area contributed by atoms with E-state index in [0.29, 0.717) is 5.82 Å². The summed E-state index contributed by atoms with van der Waals surface area (Å²) in [6, 6.07) is 0.717. The Kier molecular flexibility index (Phi) is 4.76. The molecule has 5 nitrogen and oxygen atoms in total. The van der Waals surface area contributed by atoms with E-state index in [9.17, 15) is 5.11 Å². The average Bonchev–Trinajstić information content (AvgIpc) is 2.97. The summed E-state index contributed by atoms with van der Waals surface area (Å²) in [5.74, 6) is 1.58. The van der Waals surface area contributed by atoms with Crippen molar-refractivity contribution in [3.63, 3.8) is 0 Å². The number of hydrogen-bond acceptors (Lipinski definition) is 4. The van der Waals surface area contributed by atoms with Gasteiger partial charge in [0.25, 0.3) is 0 Å². The van der Waals surface area contributed by atoms with Crippen LogP contribution in [0.15, 0.2) is 0 Å². The molecule has 1 aromatic heterocycles. The van der Waals surface area contributed by atoms with Crippen molar-refractivity contribution in [1.82, 2.24) is 19.2 Å². The number of likely N-dealkylation sites (tertiary alicyclic amines) is 1. The first-order valence-corrected chi connectivity index (χ1v) is 8.66. The lowest BCUT2D eigenvalue weighted by Gasteiger charge is -2.36. The summed E-state index contributed by atoms with van der Waals surface area (Å²) in [5.41, 5.74) is 0. The van der Waals surface area contributed by atoms with Crippen LogP contribution in [0.2, 0.25) is 0 Å². The van der Waals surface area contributed by atoms with Crippen LogP contribution in [-0.2, 0) is 19.8 Å². The van der Waals surface area contributed by atoms with E-state index >= 15 is 0 Å². The summed E-state index contributed by atoms with van der Waals surface area (Å²) in [6.07, 6.45) is 7.78. The summed E-state index contributed by atoms with van der Waals surface area (Å²) in [7, 11) is 0. The maximum absolute atomic E-state index is 9.47. The highest BCUT2D eigenvalue weighted by molar-refractivity contribution is 7.71. The smallest absolute Gasteiger partial charge is 0.199 e. The van der Waals surface area contributed by atoms with Crippen molar-refractivity contribution in [1.29, 1.82) is 0 Å². The highest BCUT2D eigenvalue weighted by Gasteiger charge is 2.35. The van der Waals surface area contributed by atoms with Crippen LogP contribution in [0, 0.1) is 10.7 Å². The van der Waals surface area contributed by atoms with Crippen molar-refractivity contribution < 1.29 is 5.11 Å². The third kappa shape index (κ3) is 2.94. The van der Waals surface area contributed by atoms with Gasteiger partial charge in [-0.15, -0.1) is 0 Å². The first-order valence-electron chi connectivity index (χ1n) is 8.26. The fourth-order valence-electron chi connectivity index (χ4n) is 3.70. The Hall–Kier alpha value is -0.720. The van der Waals surface area contributed by atoms with E-state index in [1.165, 1.54) is 32.1 Å². The number of hydrogen-bond donors (Lipinski definition) is 1. The molecule has 0 aromatic carbocycles. The van der Waals surface area contributed by atoms with Crippen molar-refractivity contribution in [2.75, 3.05) is 6.54 Å². The van der Waals surface area contributed by atoms with Gasteiger partial charge in [-0.1, -0.05) is 13.3 Å². The van der Waals surface area contributed by atoms with Crippen LogP contribution in [-0.4, -0.2) is 36.9 Å². The maximum atomic E-state index is 9.47. The molecule has 0 radical (unpaired) electrons. The molecule has 0 amide bonds. The first-order chi connectivity index (χ1) is 10.2. The van der Waals surface area contributed by atoms with Crippen molar-refractivity contribution in [2.24, 2.45) is 5.92 Å². The van der Waals surface area contributed by atoms with E-state index in [1.54, 1.807) is 0 Å². The molecule has 6 heteroatoms. The van der Waals surface area contributed by atoms with E-state index in [4.69, 9.17) is 12.2 Å². The lowest BCUT2D eigenvalue weighted by atomic mass is 9.79. The SMILES string of the molecule is CCCn1c(CO)nn(CN2CCCC2C2CCC2)c1=S. The summed E-state index contributed by atoms with van der Waals surface area (Å²) in [6.45, 7) is 4.85. The molecule has 118 valence electrons. The molecule has 0 bridgehead atoms. The van der Waals surface area contributed by atoms with Crippen LogP contribution in [0.25, 0.3) is 0 Å². The van der Waals surface area contributed by atoms with Gasteiger partial charge in [-0.3, -0.25) is 4.90 Å². The Balaban J connectivity index is 1.76. The van der Waals surface area contributed by atoms with Gasteiger partial charge in [0.2, 0.25) is 0 Å². The number of aromatic nitrogens is 3. The average molecular weight is 310 g/mol. The monoisotopic (exact) mass is 310 g/mol. The highest BCUT2D eigenvalue weighted by atomic mass is 32.1. The Morgan fingerprint density at radius 1 is 1.29 bits per heavy atom. The number of nitrogens with zero attached hydrogens (tertiary/aromatic N) is 4.